The zero-order chi connectivity index (χ0) is 19.8. The van der Waals surface area contributed by atoms with Gasteiger partial charge in [0, 0.05) is 5.39 Å². The van der Waals surface area contributed by atoms with Gasteiger partial charge in [0.15, 0.2) is 0 Å². The van der Waals surface area contributed by atoms with Gasteiger partial charge < -0.3 is 9.97 Å². The molecule has 6 heteroatoms. The third-order valence-corrected chi connectivity index (χ3v) is 4.90. The fourth-order valence-electron chi connectivity index (χ4n) is 3.62. The van der Waals surface area contributed by atoms with E-state index in [0.717, 1.165) is 27.6 Å². The highest BCUT2D eigenvalue weighted by Gasteiger charge is 2.23. The zero-order valence-electron chi connectivity index (χ0n) is 15.7. The molecular formula is C23H18N4O2. The fraction of sp³-hybridized carbons (Fsp3) is 0.0435. The van der Waals surface area contributed by atoms with Crippen LogP contribution in [0, 0.1) is 0 Å². The quantitative estimate of drug-likeness (QED) is 0.439. The van der Waals surface area contributed by atoms with Crippen molar-refractivity contribution in [1.29, 1.82) is 0 Å². The Hall–Kier alpha value is -3.90. The van der Waals surface area contributed by atoms with E-state index >= 15 is 0 Å². The molecule has 0 amide bonds. The van der Waals surface area contributed by atoms with Crippen LogP contribution in [0.15, 0.2) is 83.7 Å². The molecule has 2 aromatic heterocycles. The number of hydrogen-bond acceptors (Lipinski definition) is 4. The van der Waals surface area contributed by atoms with E-state index in [1.54, 1.807) is 12.2 Å². The molecule has 0 atom stereocenters. The lowest BCUT2D eigenvalue weighted by Gasteiger charge is -2.25. The number of aromatic nitrogens is 3. The molecule has 0 saturated carbocycles. The van der Waals surface area contributed by atoms with Crippen molar-refractivity contribution >= 4 is 33.3 Å². The Balaban J connectivity index is 1.87. The molecule has 2 heterocycles. The van der Waals surface area contributed by atoms with E-state index in [-0.39, 0.29) is 5.56 Å². The number of para-hydroxylation sites is 4. The van der Waals surface area contributed by atoms with E-state index in [0.29, 0.717) is 17.1 Å². The number of imidazole rings is 1. The topological polar surface area (TPSA) is 74.0 Å². The first-order chi connectivity index (χ1) is 14.3. The van der Waals surface area contributed by atoms with Crippen LogP contribution in [0.3, 0.4) is 0 Å². The first kappa shape index (κ1) is 17.2. The van der Waals surface area contributed by atoms with Crippen LogP contribution in [-0.4, -0.2) is 22.1 Å². The van der Waals surface area contributed by atoms with Crippen LogP contribution >= 0.6 is 0 Å². The Labute approximate surface area is 166 Å². The molecule has 5 rings (SSSR count). The predicted molar refractivity (Wildman–Crippen MR) is 115 cm³/mol. The highest BCUT2D eigenvalue weighted by molar-refractivity contribution is 6.00. The number of aromatic amines is 2. The second kappa shape index (κ2) is 6.92. The van der Waals surface area contributed by atoms with Gasteiger partial charge in [0.1, 0.15) is 11.4 Å². The van der Waals surface area contributed by atoms with Crippen LogP contribution in [0.25, 0.3) is 33.3 Å². The van der Waals surface area contributed by atoms with Crippen LogP contribution < -0.4 is 10.6 Å². The monoisotopic (exact) mass is 382 g/mol. The minimum absolute atomic E-state index is 0.240. The number of anilines is 2. The predicted octanol–water partition coefficient (Wildman–Crippen LogP) is 4.77. The summed E-state index contributed by atoms with van der Waals surface area (Å²) in [5, 5.41) is 2.52. The third kappa shape index (κ3) is 2.86. The Morgan fingerprint density at radius 1 is 0.828 bits per heavy atom. The zero-order valence-corrected chi connectivity index (χ0v) is 15.7. The Morgan fingerprint density at radius 2 is 1.52 bits per heavy atom. The lowest BCUT2D eigenvalue weighted by molar-refractivity contribution is 0.202. The molecular weight excluding hydrogens is 364 g/mol. The van der Waals surface area contributed by atoms with Crippen molar-refractivity contribution in [2.45, 2.75) is 0 Å². The first-order valence-electron chi connectivity index (χ1n) is 9.25. The number of fused-ring (bicyclic) bond motifs is 2. The maximum Gasteiger partial charge on any atom is 0.261 e. The van der Waals surface area contributed by atoms with Gasteiger partial charge in [0.05, 0.1) is 35.0 Å². The van der Waals surface area contributed by atoms with Gasteiger partial charge in [-0.15, -0.1) is 0 Å². The maximum absolute atomic E-state index is 13.2. The molecule has 3 aromatic carbocycles. The lowest BCUT2D eigenvalue weighted by Crippen LogP contribution is -2.21. The van der Waals surface area contributed by atoms with Gasteiger partial charge in [0.25, 0.3) is 5.56 Å². The van der Waals surface area contributed by atoms with Gasteiger partial charge >= 0.3 is 0 Å². The van der Waals surface area contributed by atoms with E-state index in [2.05, 4.69) is 15.0 Å². The van der Waals surface area contributed by atoms with Gasteiger partial charge in [-0.25, -0.2) is 10.0 Å². The summed E-state index contributed by atoms with van der Waals surface area (Å²) in [7, 11) is 1.59. The van der Waals surface area contributed by atoms with Crippen molar-refractivity contribution in [3.05, 3.63) is 89.2 Å². The molecule has 5 aromatic rings. The Morgan fingerprint density at radius 3 is 2.28 bits per heavy atom. The van der Waals surface area contributed by atoms with E-state index < -0.39 is 0 Å². The SMILES string of the molecule is CON(c1ccccc1)c1c(-c2nc3ccccc3[nH]2)c(=O)[nH]c2ccccc12. The van der Waals surface area contributed by atoms with Crippen LogP contribution in [0.5, 0.6) is 0 Å². The van der Waals surface area contributed by atoms with Gasteiger partial charge in [-0.1, -0.05) is 48.5 Å². The van der Waals surface area contributed by atoms with Crippen LogP contribution in [0.2, 0.25) is 0 Å². The van der Waals surface area contributed by atoms with E-state index in [9.17, 15) is 4.79 Å². The Bertz CT molecular complexity index is 1340. The molecule has 0 aliphatic rings. The largest absolute Gasteiger partial charge is 0.338 e. The minimum atomic E-state index is -0.240. The second-order valence-electron chi connectivity index (χ2n) is 6.64. The van der Waals surface area contributed by atoms with Crippen molar-refractivity contribution < 1.29 is 4.84 Å². The summed E-state index contributed by atoms with van der Waals surface area (Å²) >= 11 is 0. The summed E-state index contributed by atoms with van der Waals surface area (Å²) in [5.74, 6) is 0.492. The lowest BCUT2D eigenvalue weighted by atomic mass is 10.1. The summed E-state index contributed by atoms with van der Waals surface area (Å²) in [6, 6.07) is 25.0. The number of nitrogens with one attached hydrogen (secondary N) is 2. The molecule has 0 aliphatic carbocycles. The average molecular weight is 382 g/mol. The second-order valence-corrected chi connectivity index (χ2v) is 6.64. The molecule has 142 valence electrons. The highest BCUT2D eigenvalue weighted by atomic mass is 16.7. The van der Waals surface area contributed by atoms with Crippen molar-refractivity contribution in [3.63, 3.8) is 0 Å². The normalized spacial score (nSPS) is 11.2. The van der Waals surface area contributed by atoms with Crippen LogP contribution in [0.4, 0.5) is 11.4 Å². The van der Waals surface area contributed by atoms with Gasteiger partial charge in [0.2, 0.25) is 0 Å². The van der Waals surface area contributed by atoms with Gasteiger partial charge in [-0.2, -0.15) is 0 Å². The highest BCUT2D eigenvalue weighted by Crippen LogP contribution is 2.37. The van der Waals surface area contributed by atoms with Crippen molar-refractivity contribution in [1.82, 2.24) is 15.0 Å². The molecule has 0 radical (unpaired) electrons. The molecule has 0 saturated heterocycles. The molecule has 0 spiro atoms. The fourth-order valence-corrected chi connectivity index (χ4v) is 3.62. The Kier molecular flexibility index (Phi) is 4.11. The van der Waals surface area contributed by atoms with Gasteiger partial charge in [-0.3, -0.25) is 9.63 Å². The average Bonchev–Trinajstić information content (AvgIpc) is 3.18. The molecule has 29 heavy (non-hydrogen) atoms. The summed E-state index contributed by atoms with van der Waals surface area (Å²) in [6.45, 7) is 0. The van der Waals surface area contributed by atoms with Crippen molar-refractivity contribution in [2.75, 3.05) is 12.2 Å². The molecule has 0 bridgehead atoms. The molecule has 6 nitrogen and oxygen atoms in total. The molecule has 0 fully saturated rings. The summed E-state index contributed by atoms with van der Waals surface area (Å²) in [5.41, 5.74) is 4.02. The molecule has 2 N–H and O–H groups in total. The van der Waals surface area contributed by atoms with E-state index in [1.807, 2.05) is 78.9 Å². The maximum atomic E-state index is 13.2. The molecule has 0 aliphatic heterocycles. The van der Waals surface area contributed by atoms with E-state index in [1.165, 1.54) is 0 Å². The van der Waals surface area contributed by atoms with Crippen molar-refractivity contribution in [3.8, 4) is 11.4 Å². The first-order valence-corrected chi connectivity index (χ1v) is 9.25. The van der Waals surface area contributed by atoms with Gasteiger partial charge in [-0.05, 0) is 30.3 Å². The summed E-state index contributed by atoms with van der Waals surface area (Å²) < 4.78 is 0. The summed E-state index contributed by atoms with van der Waals surface area (Å²) in [4.78, 5) is 29.9. The standard InChI is InChI=1S/C23H18N4O2/c1-29-27(15-9-3-2-4-10-15)21-16-11-5-6-12-17(16)26-23(28)20(21)22-24-18-13-7-8-14-19(18)25-22/h2-14H,1H3,(H,24,25)(H,26,28). The van der Waals surface area contributed by atoms with Crippen LogP contribution in [0.1, 0.15) is 0 Å². The smallest absolute Gasteiger partial charge is 0.261 e. The molecule has 0 unspecified atom stereocenters. The number of nitrogens with zero attached hydrogens (tertiary/aromatic N) is 2. The number of pyridine rings is 1. The number of rotatable bonds is 4. The number of benzene rings is 3. The third-order valence-electron chi connectivity index (χ3n) is 4.90. The number of hydrogen-bond donors (Lipinski definition) is 2. The minimum Gasteiger partial charge on any atom is -0.338 e. The van der Waals surface area contributed by atoms with Crippen molar-refractivity contribution in [2.24, 2.45) is 0 Å². The summed E-state index contributed by atoms with van der Waals surface area (Å²) in [6.07, 6.45) is 0. The number of H-pyrrole nitrogens is 2. The van der Waals surface area contributed by atoms with E-state index in [4.69, 9.17) is 4.84 Å². The van der Waals surface area contributed by atoms with Crippen LogP contribution in [-0.2, 0) is 4.84 Å².